The first-order valence-electron chi connectivity index (χ1n) is 11.3. The second kappa shape index (κ2) is 10.9. The number of aliphatic hydroxyl groups excluding tert-OH is 7. The second-order valence-electron chi connectivity index (χ2n) is 9.95. The first-order chi connectivity index (χ1) is 15.9. The molecule has 2 fully saturated rings. The first-order valence-corrected chi connectivity index (χ1v) is 11.3. The molecule has 3 rings (SSSR count). The lowest BCUT2D eigenvalue weighted by molar-refractivity contribution is -0.315. The molecule has 0 unspecified atom stereocenters. The molecule has 0 spiro atoms. The van der Waals surface area contributed by atoms with Crippen LogP contribution < -0.4 is 0 Å². The summed E-state index contributed by atoms with van der Waals surface area (Å²) >= 11 is 0. The van der Waals surface area contributed by atoms with Crippen molar-refractivity contribution in [2.75, 3.05) is 19.8 Å². The van der Waals surface area contributed by atoms with Crippen LogP contribution in [0.1, 0.15) is 27.2 Å². The van der Waals surface area contributed by atoms with Crippen LogP contribution in [0.2, 0.25) is 0 Å². The minimum atomic E-state index is -1.64. The average molecular weight is 493 g/mol. The summed E-state index contributed by atoms with van der Waals surface area (Å²) in [5.74, 6) is 0.000233. The van der Waals surface area contributed by atoms with Crippen LogP contribution in [0.15, 0.2) is 11.6 Å². The van der Waals surface area contributed by atoms with Gasteiger partial charge >= 0.3 is 0 Å². The SMILES string of the molecule is CC1=CC(=O)CC(C)(C)[C@@H]1OC[C@@H]1O[C@H](CO[C@@H]2O[C@H](CO)[C@@H](O)[C@H](O)[C@H]2O)[C@@H](O)[C@H](O)[C@H]1O. The van der Waals surface area contributed by atoms with Crippen LogP contribution in [-0.4, -0.2) is 129 Å². The lowest BCUT2D eigenvalue weighted by atomic mass is 9.74. The molecule has 2 heterocycles. The third-order valence-corrected chi connectivity index (χ3v) is 6.65. The van der Waals surface area contributed by atoms with Gasteiger partial charge in [0.1, 0.15) is 54.9 Å². The van der Waals surface area contributed by atoms with E-state index in [0.717, 1.165) is 5.57 Å². The molecule has 3 aliphatic rings. The van der Waals surface area contributed by atoms with E-state index in [-0.39, 0.29) is 12.4 Å². The van der Waals surface area contributed by atoms with Crippen LogP contribution in [0.4, 0.5) is 0 Å². The Labute approximate surface area is 197 Å². The molecule has 0 bridgehead atoms. The van der Waals surface area contributed by atoms with Gasteiger partial charge in [0.05, 0.1) is 25.9 Å². The van der Waals surface area contributed by atoms with Gasteiger partial charge in [0.2, 0.25) is 0 Å². The quantitative estimate of drug-likeness (QED) is 0.190. The van der Waals surface area contributed by atoms with Gasteiger partial charge in [-0.15, -0.1) is 0 Å². The molecule has 0 amide bonds. The molecule has 7 N–H and O–H groups in total. The Bertz CT molecular complexity index is 739. The normalized spacial score (nSPS) is 45.2. The second-order valence-corrected chi connectivity index (χ2v) is 9.95. The van der Waals surface area contributed by atoms with Crippen molar-refractivity contribution in [3.63, 3.8) is 0 Å². The average Bonchev–Trinajstić information content (AvgIpc) is 2.76. The Morgan fingerprint density at radius 1 is 0.853 bits per heavy atom. The summed E-state index contributed by atoms with van der Waals surface area (Å²) in [6.45, 7) is 4.37. The zero-order chi connectivity index (χ0) is 25.4. The monoisotopic (exact) mass is 492 g/mol. The highest BCUT2D eigenvalue weighted by molar-refractivity contribution is 5.92. The van der Waals surface area contributed by atoms with Gasteiger partial charge in [-0.25, -0.2) is 0 Å². The molecule has 1 aliphatic carbocycles. The van der Waals surface area contributed by atoms with E-state index in [1.807, 2.05) is 13.8 Å². The molecular weight excluding hydrogens is 456 g/mol. The van der Waals surface area contributed by atoms with Crippen LogP contribution in [0, 0.1) is 5.41 Å². The summed E-state index contributed by atoms with van der Waals surface area (Å²) in [7, 11) is 0. The van der Waals surface area contributed by atoms with Crippen molar-refractivity contribution < 1.29 is 59.5 Å². The maximum atomic E-state index is 11.9. The van der Waals surface area contributed by atoms with Crippen molar-refractivity contribution in [2.24, 2.45) is 5.41 Å². The van der Waals surface area contributed by atoms with Crippen LogP contribution in [0.3, 0.4) is 0 Å². The van der Waals surface area contributed by atoms with Gasteiger partial charge in [-0.1, -0.05) is 13.8 Å². The van der Waals surface area contributed by atoms with Crippen molar-refractivity contribution in [3.8, 4) is 0 Å². The van der Waals surface area contributed by atoms with E-state index in [1.54, 1.807) is 6.92 Å². The minimum Gasteiger partial charge on any atom is -0.394 e. The first kappa shape index (κ1) is 27.6. The highest BCUT2D eigenvalue weighted by Crippen LogP contribution is 2.37. The Balaban J connectivity index is 1.62. The number of carbonyl (C=O) groups excluding carboxylic acids is 1. The third kappa shape index (κ3) is 5.68. The molecule has 0 radical (unpaired) electrons. The van der Waals surface area contributed by atoms with Gasteiger partial charge in [0.25, 0.3) is 0 Å². The number of hydrogen-bond acceptors (Lipinski definition) is 12. The van der Waals surface area contributed by atoms with Crippen molar-refractivity contribution in [3.05, 3.63) is 11.6 Å². The molecule has 12 heteroatoms. The van der Waals surface area contributed by atoms with E-state index in [2.05, 4.69) is 0 Å². The molecule has 12 nitrogen and oxygen atoms in total. The van der Waals surface area contributed by atoms with Crippen molar-refractivity contribution >= 4 is 5.78 Å². The highest BCUT2D eigenvalue weighted by atomic mass is 16.7. The molecule has 196 valence electrons. The molecule has 2 saturated heterocycles. The fourth-order valence-electron chi connectivity index (χ4n) is 4.78. The number of ketones is 1. The summed E-state index contributed by atoms with van der Waals surface area (Å²) in [5.41, 5.74) is 0.244. The molecule has 2 aliphatic heterocycles. The van der Waals surface area contributed by atoms with Crippen molar-refractivity contribution in [1.82, 2.24) is 0 Å². The predicted octanol–water partition coefficient (Wildman–Crippen LogP) is -3.02. The standard InChI is InChI=1S/C22H36O12/c1-9-4-10(24)5-22(2,3)20(9)31-7-12-15(26)17(28)16(27)13(33-12)8-32-21-19(30)18(29)14(25)11(6-23)34-21/h4,11-21,23,25-30H,5-8H2,1-3H3/t11-,12+,13-,14-,15+,16-,17-,18+,19-,20-,21-/m1/s1. The maximum absolute atomic E-state index is 11.9. The largest absolute Gasteiger partial charge is 0.394 e. The van der Waals surface area contributed by atoms with Crippen LogP contribution in [0.5, 0.6) is 0 Å². The van der Waals surface area contributed by atoms with E-state index in [1.165, 1.54) is 6.08 Å². The molecule has 11 atom stereocenters. The smallest absolute Gasteiger partial charge is 0.186 e. The van der Waals surface area contributed by atoms with E-state index < -0.39 is 86.0 Å². The van der Waals surface area contributed by atoms with Crippen LogP contribution in [0.25, 0.3) is 0 Å². The molecular formula is C22H36O12. The Morgan fingerprint density at radius 3 is 1.94 bits per heavy atom. The Kier molecular flexibility index (Phi) is 8.86. The van der Waals surface area contributed by atoms with Gasteiger partial charge in [-0.2, -0.15) is 0 Å². The molecule has 34 heavy (non-hydrogen) atoms. The number of aliphatic hydroxyl groups is 7. The zero-order valence-electron chi connectivity index (χ0n) is 19.4. The lowest BCUT2D eigenvalue weighted by Gasteiger charge is -2.44. The fourth-order valence-corrected chi connectivity index (χ4v) is 4.78. The summed E-state index contributed by atoms with van der Waals surface area (Å²) in [6, 6.07) is 0. The van der Waals surface area contributed by atoms with E-state index >= 15 is 0 Å². The Morgan fingerprint density at radius 2 is 1.38 bits per heavy atom. The van der Waals surface area contributed by atoms with E-state index in [9.17, 15) is 40.5 Å². The van der Waals surface area contributed by atoms with Gasteiger partial charge in [-0.05, 0) is 18.6 Å². The van der Waals surface area contributed by atoms with Crippen molar-refractivity contribution in [1.29, 1.82) is 0 Å². The van der Waals surface area contributed by atoms with Gasteiger partial charge in [-0.3, -0.25) is 4.79 Å². The molecule has 0 aromatic carbocycles. The summed E-state index contributed by atoms with van der Waals surface area (Å²) in [4.78, 5) is 11.9. The van der Waals surface area contributed by atoms with Crippen molar-refractivity contribution in [2.45, 2.75) is 94.5 Å². The number of allylic oxidation sites excluding steroid dienone is 1. The number of carbonyl (C=O) groups is 1. The molecule has 0 saturated carbocycles. The molecule has 0 aromatic rings. The highest BCUT2D eigenvalue weighted by Gasteiger charge is 2.47. The number of hydrogen-bond donors (Lipinski definition) is 7. The number of rotatable bonds is 7. The van der Waals surface area contributed by atoms with Gasteiger partial charge in [0.15, 0.2) is 12.1 Å². The summed E-state index contributed by atoms with van der Waals surface area (Å²) < 4.78 is 22.4. The minimum absolute atomic E-state index is 0.000233. The van der Waals surface area contributed by atoms with Gasteiger partial charge < -0.3 is 54.7 Å². The number of ether oxygens (including phenoxy) is 4. The van der Waals surface area contributed by atoms with E-state index in [0.29, 0.717) is 6.42 Å². The summed E-state index contributed by atoms with van der Waals surface area (Å²) in [5, 5.41) is 70.2. The third-order valence-electron chi connectivity index (χ3n) is 6.65. The zero-order valence-corrected chi connectivity index (χ0v) is 19.4. The maximum Gasteiger partial charge on any atom is 0.186 e. The fraction of sp³-hybridized carbons (Fsp3) is 0.864. The topological polar surface area (TPSA) is 196 Å². The summed E-state index contributed by atoms with van der Waals surface area (Å²) in [6.07, 6.45) is -12.8. The predicted molar refractivity (Wildman–Crippen MR) is 113 cm³/mol. The van der Waals surface area contributed by atoms with Gasteiger partial charge in [0, 0.05) is 11.8 Å². The van der Waals surface area contributed by atoms with Crippen LogP contribution in [-0.2, 0) is 23.7 Å². The van der Waals surface area contributed by atoms with Crippen LogP contribution >= 0.6 is 0 Å². The molecule has 0 aromatic heterocycles. The lowest BCUT2D eigenvalue weighted by Crippen LogP contribution is -2.62. The Hall–Kier alpha value is -1.03. The van der Waals surface area contributed by atoms with E-state index in [4.69, 9.17) is 18.9 Å².